The van der Waals surface area contributed by atoms with E-state index in [1.54, 1.807) is 6.92 Å². The third-order valence-corrected chi connectivity index (χ3v) is 7.09. The van der Waals surface area contributed by atoms with Gasteiger partial charge in [0.2, 0.25) is 0 Å². The van der Waals surface area contributed by atoms with Crippen molar-refractivity contribution >= 4 is 38.5 Å². The fourth-order valence-corrected chi connectivity index (χ4v) is 4.42. The summed E-state index contributed by atoms with van der Waals surface area (Å²) < 4.78 is 20.8. The van der Waals surface area contributed by atoms with Crippen LogP contribution in [-0.2, 0) is 55.7 Å². The van der Waals surface area contributed by atoms with Gasteiger partial charge in [0.15, 0.2) is 18.3 Å². The van der Waals surface area contributed by atoms with E-state index in [2.05, 4.69) is 33.4 Å². The molecule has 0 spiro atoms. The molecule has 0 amide bonds. The molecule has 0 aromatic carbocycles. The summed E-state index contributed by atoms with van der Waals surface area (Å²) in [5.41, 5.74) is -0.787. The third kappa shape index (κ3) is 11.2. The van der Waals surface area contributed by atoms with Gasteiger partial charge in [0, 0.05) is 20.8 Å². The van der Waals surface area contributed by atoms with Gasteiger partial charge < -0.3 is 18.9 Å². The standard InChI is InChI=1S/C12H18O7S.C6H15P.Au/c1-5-9(17-6(2)13)10(18-7(3)14)11(12(20)16-5)19-8(4)15;1-4-7(5-2)6-3;/h5,9-12,20H,1-4H3;4-6H2,1-3H3;/q;;+3/t5-,9-,10+,11+,12+;;/m0../s1. The van der Waals surface area contributed by atoms with Crippen LogP contribution in [0.3, 0.4) is 0 Å². The van der Waals surface area contributed by atoms with Gasteiger partial charge in [-0.2, -0.15) is 0 Å². The summed E-state index contributed by atoms with van der Waals surface area (Å²) in [6.07, 6.45) is 0.904. The second-order valence-corrected chi connectivity index (χ2v) is 9.82. The molecule has 0 unspecified atom stereocenters. The van der Waals surface area contributed by atoms with E-state index in [1.807, 2.05) is 0 Å². The number of hydrogen-bond donors (Lipinski definition) is 1. The minimum absolute atomic E-state index is 0. The molecule has 28 heavy (non-hydrogen) atoms. The fourth-order valence-electron chi connectivity index (χ4n) is 2.66. The molecular formula is C18H33AuO7PS+3. The summed E-state index contributed by atoms with van der Waals surface area (Å²) in [5, 5.41) is 0. The molecule has 0 saturated carbocycles. The Morgan fingerprint density at radius 1 is 0.821 bits per heavy atom. The number of hydrogen-bond acceptors (Lipinski definition) is 8. The summed E-state index contributed by atoms with van der Waals surface area (Å²) in [6.45, 7) is 12.2. The summed E-state index contributed by atoms with van der Waals surface area (Å²) in [7, 11) is 0.446. The average Bonchev–Trinajstić information content (AvgIpc) is 2.56. The number of carbonyl (C=O) groups is 3. The Balaban J connectivity index is 0. The van der Waals surface area contributed by atoms with Crippen LogP contribution in [0.1, 0.15) is 48.5 Å². The predicted molar refractivity (Wildman–Crippen MR) is 109 cm³/mol. The Bertz CT molecular complexity index is 457. The summed E-state index contributed by atoms with van der Waals surface area (Å²) >= 11 is 4.17. The van der Waals surface area contributed by atoms with Gasteiger partial charge in [-0.05, 0) is 25.4 Å². The molecular weight excluding hydrogens is 588 g/mol. The summed E-state index contributed by atoms with van der Waals surface area (Å²) in [4.78, 5) is 33.5. The van der Waals surface area contributed by atoms with Crippen molar-refractivity contribution < 1.29 is 55.7 Å². The maximum Gasteiger partial charge on any atom is 3.00 e. The second-order valence-electron chi connectivity index (χ2n) is 6.07. The number of ether oxygens (including phenoxy) is 4. The minimum atomic E-state index is -0.966. The van der Waals surface area contributed by atoms with Gasteiger partial charge in [0.1, 0.15) is 5.44 Å². The van der Waals surface area contributed by atoms with Crippen molar-refractivity contribution in [3.05, 3.63) is 0 Å². The SMILES string of the molecule is CC(=O)O[C@@H]1[C@@H](OC(C)=O)[C@H](C)O[C@H](S)[C@@H]1OC(C)=O.CCP(CC)CC.[Au+3]. The molecule has 0 radical (unpaired) electrons. The molecule has 166 valence electrons. The molecule has 0 bridgehead atoms. The van der Waals surface area contributed by atoms with Gasteiger partial charge in [-0.3, -0.25) is 14.4 Å². The fraction of sp³-hybridized carbons (Fsp3) is 0.833. The van der Waals surface area contributed by atoms with Crippen LogP contribution < -0.4 is 0 Å². The van der Waals surface area contributed by atoms with Crippen LogP contribution in [0.15, 0.2) is 0 Å². The zero-order valence-corrected chi connectivity index (χ0v) is 21.5. The van der Waals surface area contributed by atoms with Gasteiger partial charge in [0.05, 0.1) is 6.10 Å². The molecule has 5 atom stereocenters. The van der Waals surface area contributed by atoms with Crippen LogP contribution in [0.4, 0.5) is 0 Å². The largest absolute Gasteiger partial charge is 3.00 e. The van der Waals surface area contributed by atoms with Crippen molar-refractivity contribution in [3.8, 4) is 0 Å². The van der Waals surface area contributed by atoms with Crippen LogP contribution in [0.5, 0.6) is 0 Å². The molecule has 0 aromatic heterocycles. The number of rotatable bonds is 6. The molecule has 0 aliphatic carbocycles. The molecule has 0 N–H and O–H groups in total. The topological polar surface area (TPSA) is 88.1 Å². The second kappa shape index (κ2) is 15.7. The maximum atomic E-state index is 11.2. The molecule has 1 aliphatic rings. The number of thiol groups is 1. The van der Waals surface area contributed by atoms with Crippen LogP contribution >= 0.6 is 20.6 Å². The zero-order chi connectivity index (χ0) is 21.1. The van der Waals surface area contributed by atoms with E-state index in [1.165, 1.54) is 39.3 Å². The van der Waals surface area contributed by atoms with Crippen molar-refractivity contribution in [2.24, 2.45) is 0 Å². The molecule has 0 aromatic rings. The molecule has 1 heterocycles. The minimum Gasteiger partial charge on any atom is -0.456 e. The third-order valence-electron chi connectivity index (χ3n) is 3.99. The zero-order valence-electron chi connectivity index (χ0n) is 17.6. The van der Waals surface area contributed by atoms with E-state index in [-0.39, 0.29) is 22.4 Å². The Morgan fingerprint density at radius 2 is 1.18 bits per heavy atom. The van der Waals surface area contributed by atoms with Crippen molar-refractivity contribution in [2.75, 3.05) is 18.5 Å². The van der Waals surface area contributed by atoms with Crippen LogP contribution in [0.2, 0.25) is 0 Å². The first-order chi connectivity index (χ1) is 12.6. The first-order valence-electron chi connectivity index (χ1n) is 9.14. The molecule has 1 saturated heterocycles. The Labute approximate surface area is 190 Å². The van der Waals surface area contributed by atoms with E-state index < -0.39 is 47.8 Å². The van der Waals surface area contributed by atoms with E-state index in [0.717, 1.165) is 0 Å². The smallest absolute Gasteiger partial charge is 0.456 e. The van der Waals surface area contributed by atoms with E-state index in [9.17, 15) is 14.4 Å². The maximum absolute atomic E-state index is 11.2. The van der Waals surface area contributed by atoms with Crippen LogP contribution in [-0.4, -0.2) is 66.2 Å². The monoisotopic (exact) mass is 621 g/mol. The average molecular weight is 621 g/mol. The van der Waals surface area contributed by atoms with E-state index in [4.69, 9.17) is 18.9 Å². The van der Waals surface area contributed by atoms with Gasteiger partial charge in [-0.25, -0.2) is 0 Å². The van der Waals surface area contributed by atoms with E-state index in [0.29, 0.717) is 7.92 Å². The Hall–Kier alpha value is -0.110. The molecule has 1 rings (SSSR count). The normalized spacial score (nSPS) is 26.2. The molecule has 1 fully saturated rings. The van der Waals surface area contributed by atoms with Crippen molar-refractivity contribution in [1.82, 2.24) is 0 Å². The molecule has 7 nitrogen and oxygen atoms in total. The van der Waals surface area contributed by atoms with Gasteiger partial charge in [0.25, 0.3) is 0 Å². The predicted octanol–water partition coefficient (Wildman–Crippen LogP) is 2.98. The van der Waals surface area contributed by atoms with Crippen molar-refractivity contribution in [1.29, 1.82) is 0 Å². The van der Waals surface area contributed by atoms with E-state index >= 15 is 0 Å². The van der Waals surface area contributed by atoms with Crippen LogP contribution in [0, 0.1) is 0 Å². The molecule has 10 heteroatoms. The van der Waals surface area contributed by atoms with Gasteiger partial charge in [-0.15, -0.1) is 20.6 Å². The Kier molecular flexibility index (Phi) is 16.9. The van der Waals surface area contributed by atoms with Crippen LogP contribution in [0.25, 0.3) is 0 Å². The first kappa shape index (κ1) is 30.1. The number of carbonyl (C=O) groups excluding carboxylic acids is 3. The summed E-state index contributed by atoms with van der Waals surface area (Å²) in [6, 6.07) is 0. The molecule has 1 aliphatic heterocycles. The van der Waals surface area contributed by atoms with Crippen molar-refractivity contribution in [2.45, 2.75) is 78.3 Å². The first-order valence-corrected chi connectivity index (χ1v) is 11.6. The van der Waals surface area contributed by atoms with Gasteiger partial charge >= 0.3 is 40.3 Å². The van der Waals surface area contributed by atoms with Gasteiger partial charge in [-0.1, -0.05) is 20.8 Å². The number of esters is 3. The summed E-state index contributed by atoms with van der Waals surface area (Å²) in [5.74, 6) is -1.72. The Morgan fingerprint density at radius 3 is 1.50 bits per heavy atom. The van der Waals surface area contributed by atoms with Crippen molar-refractivity contribution in [3.63, 3.8) is 0 Å². The quantitative estimate of drug-likeness (QED) is 0.161.